The van der Waals surface area contributed by atoms with Gasteiger partial charge in [0, 0.05) is 11.4 Å². The Morgan fingerprint density at radius 2 is 2.35 bits per heavy atom. The highest BCUT2D eigenvalue weighted by molar-refractivity contribution is 6.03. The lowest BCUT2D eigenvalue weighted by molar-refractivity contribution is 0.102. The molecule has 0 saturated carbocycles. The van der Waals surface area contributed by atoms with Crippen molar-refractivity contribution in [2.45, 2.75) is 0 Å². The smallest absolute Gasteiger partial charge is 0.414 e. The molecule has 8 nitrogen and oxygen atoms in total. The van der Waals surface area contributed by atoms with Crippen LogP contribution >= 0.6 is 0 Å². The Kier molecular flexibility index (Phi) is 3.04. The molecule has 2 heterocycles. The fourth-order valence-corrected chi connectivity index (χ4v) is 1.89. The number of aromatic amines is 1. The predicted molar refractivity (Wildman–Crippen MR) is 69.5 cm³/mol. The molecule has 20 heavy (non-hydrogen) atoms. The SMILES string of the molecule is O=C(Nc1cccc(N2CCOC2=O)c1)c1cn[nH]n1. The predicted octanol–water partition coefficient (Wildman–Crippen LogP) is 1.01. The Balaban J connectivity index is 1.78. The number of H-pyrrole nitrogens is 1. The van der Waals surface area contributed by atoms with Crippen molar-refractivity contribution in [3.05, 3.63) is 36.2 Å². The molecule has 0 radical (unpaired) electrons. The van der Waals surface area contributed by atoms with Gasteiger partial charge in [0.05, 0.1) is 12.7 Å². The Hall–Kier alpha value is -2.90. The maximum atomic E-state index is 11.8. The number of hydrogen-bond acceptors (Lipinski definition) is 5. The molecule has 1 aliphatic heterocycles. The number of rotatable bonds is 3. The molecule has 0 atom stereocenters. The van der Waals surface area contributed by atoms with Gasteiger partial charge in [0.1, 0.15) is 6.61 Å². The number of benzene rings is 1. The van der Waals surface area contributed by atoms with E-state index in [-0.39, 0.29) is 17.7 Å². The van der Waals surface area contributed by atoms with Crippen molar-refractivity contribution in [2.75, 3.05) is 23.4 Å². The number of anilines is 2. The lowest BCUT2D eigenvalue weighted by atomic mass is 10.2. The highest BCUT2D eigenvalue weighted by Crippen LogP contribution is 2.22. The van der Waals surface area contributed by atoms with E-state index in [0.29, 0.717) is 24.5 Å². The molecule has 1 saturated heterocycles. The van der Waals surface area contributed by atoms with Gasteiger partial charge in [0.15, 0.2) is 5.69 Å². The zero-order chi connectivity index (χ0) is 13.9. The Morgan fingerprint density at radius 3 is 3.05 bits per heavy atom. The average molecular weight is 273 g/mol. The third-order valence-electron chi connectivity index (χ3n) is 2.82. The molecule has 0 unspecified atom stereocenters. The number of nitrogens with one attached hydrogen (secondary N) is 2. The molecule has 1 fully saturated rings. The van der Waals surface area contributed by atoms with Crippen LogP contribution in [0.15, 0.2) is 30.5 Å². The molecule has 0 spiro atoms. The largest absolute Gasteiger partial charge is 0.447 e. The van der Waals surface area contributed by atoms with Gasteiger partial charge < -0.3 is 10.1 Å². The van der Waals surface area contributed by atoms with Gasteiger partial charge in [-0.15, -0.1) is 0 Å². The van der Waals surface area contributed by atoms with E-state index in [9.17, 15) is 9.59 Å². The fourth-order valence-electron chi connectivity index (χ4n) is 1.89. The van der Waals surface area contributed by atoms with E-state index >= 15 is 0 Å². The number of aromatic nitrogens is 3. The molecule has 1 aromatic carbocycles. The summed E-state index contributed by atoms with van der Waals surface area (Å²) in [6.45, 7) is 0.869. The fraction of sp³-hybridized carbons (Fsp3) is 0.167. The summed E-state index contributed by atoms with van der Waals surface area (Å²) in [5.74, 6) is -0.375. The van der Waals surface area contributed by atoms with Crippen molar-refractivity contribution in [1.82, 2.24) is 15.4 Å². The molecule has 8 heteroatoms. The molecule has 0 aliphatic carbocycles. The second-order valence-electron chi connectivity index (χ2n) is 4.13. The van der Waals surface area contributed by atoms with Crippen LogP contribution in [0.2, 0.25) is 0 Å². The van der Waals surface area contributed by atoms with E-state index in [1.165, 1.54) is 11.1 Å². The zero-order valence-electron chi connectivity index (χ0n) is 10.4. The normalized spacial score (nSPS) is 14.2. The first-order valence-electron chi connectivity index (χ1n) is 5.95. The summed E-state index contributed by atoms with van der Waals surface area (Å²) in [4.78, 5) is 24.8. The lowest BCUT2D eigenvalue weighted by Crippen LogP contribution is -2.23. The van der Waals surface area contributed by atoms with Crippen LogP contribution in [0.25, 0.3) is 0 Å². The van der Waals surface area contributed by atoms with Crippen LogP contribution in [0, 0.1) is 0 Å². The summed E-state index contributed by atoms with van der Waals surface area (Å²) in [5.41, 5.74) is 1.43. The third-order valence-corrected chi connectivity index (χ3v) is 2.82. The van der Waals surface area contributed by atoms with E-state index < -0.39 is 0 Å². The Morgan fingerprint density at radius 1 is 1.45 bits per heavy atom. The maximum Gasteiger partial charge on any atom is 0.414 e. The van der Waals surface area contributed by atoms with Gasteiger partial charge in [-0.2, -0.15) is 15.4 Å². The summed E-state index contributed by atoms with van der Waals surface area (Å²) in [6.07, 6.45) is 0.946. The number of amides is 2. The van der Waals surface area contributed by atoms with Crippen LogP contribution in [0.4, 0.5) is 16.2 Å². The van der Waals surface area contributed by atoms with Crippen molar-refractivity contribution in [1.29, 1.82) is 0 Å². The monoisotopic (exact) mass is 273 g/mol. The molecule has 3 rings (SSSR count). The first kappa shape index (κ1) is 12.2. The molecule has 2 amide bonds. The second-order valence-corrected chi connectivity index (χ2v) is 4.13. The van der Waals surface area contributed by atoms with E-state index in [1.54, 1.807) is 24.3 Å². The Labute approximate surface area is 113 Å². The number of carbonyl (C=O) groups excluding carboxylic acids is 2. The minimum absolute atomic E-state index is 0.191. The summed E-state index contributed by atoms with van der Waals surface area (Å²) in [6, 6.07) is 6.95. The molecule has 1 aliphatic rings. The summed E-state index contributed by atoms with van der Waals surface area (Å²) < 4.78 is 4.88. The van der Waals surface area contributed by atoms with Crippen molar-refractivity contribution in [2.24, 2.45) is 0 Å². The molecule has 0 bridgehead atoms. The summed E-state index contributed by atoms with van der Waals surface area (Å²) >= 11 is 0. The topological polar surface area (TPSA) is 100 Å². The van der Waals surface area contributed by atoms with Gasteiger partial charge in [-0.25, -0.2) is 4.79 Å². The zero-order valence-corrected chi connectivity index (χ0v) is 10.4. The van der Waals surface area contributed by atoms with Gasteiger partial charge in [0.2, 0.25) is 0 Å². The van der Waals surface area contributed by atoms with Crippen molar-refractivity contribution < 1.29 is 14.3 Å². The van der Waals surface area contributed by atoms with Crippen molar-refractivity contribution in [3.8, 4) is 0 Å². The third kappa shape index (κ3) is 2.30. The average Bonchev–Trinajstić information content (AvgIpc) is 3.10. The quantitative estimate of drug-likeness (QED) is 0.869. The standard InChI is InChI=1S/C12H11N5O3/c18-11(10-7-13-16-15-10)14-8-2-1-3-9(6-8)17-4-5-20-12(17)19/h1-3,6-7H,4-5H2,(H,14,18)(H,13,15,16). The minimum atomic E-state index is -0.384. The van der Waals surface area contributed by atoms with Crippen molar-refractivity contribution >= 4 is 23.4 Å². The Bertz CT molecular complexity index is 640. The van der Waals surface area contributed by atoms with Crippen LogP contribution in [-0.2, 0) is 4.74 Å². The number of ether oxygens (including phenoxy) is 1. The number of nitrogens with zero attached hydrogens (tertiary/aromatic N) is 3. The van der Waals surface area contributed by atoms with E-state index in [2.05, 4.69) is 20.7 Å². The highest BCUT2D eigenvalue weighted by atomic mass is 16.6. The molecular formula is C12H11N5O3. The number of hydrogen-bond donors (Lipinski definition) is 2. The van der Waals surface area contributed by atoms with Crippen LogP contribution in [0.3, 0.4) is 0 Å². The molecule has 2 aromatic rings. The maximum absolute atomic E-state index is 11.8. The van der Waals surface area contributed by atoms with Crippen molar-refractivity contribution in [3.63, 3.8) is 0 Å². The van der Waals surface area contributed by atoms with Crippen LogP contribution in [-0.4, -0.2) is 40.6 Å². The molecule has 102 valence electrons. The number of carbonyl (C=O) groups is 2. The van der Waals surface area contributed by atoms with Gasteiger partial charge in [-0.1, -0.05) is 6.07 Å². The minimum Gasteiger partial charge on any atom is -0.447 e. The number of cyclic esters (lactones) is 1. The van der Waals surface area contributed by atoms with Crippen LogP contribution in [0.1, 0.15) is 10.5 Å². The van der Waals surface area contributed by atoms with Gasteiger partial charge in [-0.3, -0.25) is 9.69 Å². The van der Waals surface area contributed by atoms with Gasteiger partial charge >= 0.3 is 6.09 Å². The van der Waals surface area contributed by atoms with E-state index in [0.717, 1.165) is 0 Å². The van der Waals surface area contributed by atoms with Gasteiger partial charge in [0.25, 0.3) is 5.91 Å². The lowest BCUT2D eigenvalue weighted by Gasteiger charge is -2.13. The first-order chi connectivity index (χ1) is 9.74. The van der Waals surface area contributed by atoms with Crippen LogP contribution < -0.4 is 10.2 Å². The summed E-state index contributed by atoms with van der Waals surface area (Å²) in [5, 5.41) is 12.3. The summed E-state index contributed by atoms with van der Waals surface area (Å²) in [7, 11) is 0. The van der Waals surface area contributed by atoms with E-state index in [4.69, 9.17) is 4.74 Å². The van der Waals surface area contributed by atoms with E-state index in [1.807, 2.05) is 0 Å². The molecule has 2 N–H and O–H groups in total. The molecule has 1 aromatic heterocycles. The highest BCUT2D eigenvalue weighted by Gasteiger charge is 2.23. The molecular weight excluding hydrogens is 262 g/mol. The van der Waals surface area contributed by atoms with Crippen LogP contribution in [0.5, 0.6) is 0 Å². The first-order valence-corrected chi connectivity index (χ1v) is 5.95. The second kappa shape index (κ2) is 5.00. The van der Waals surface area contributed by atoms with Gasteiger partial charge in [-0.05, 0) is 18.2 Å².